The lowest BCUT2D eigenvalue weighted by molar-refractivity contribution is -0.119. The summed E-state index contributed by atoms with van der Waals surface area (Å²) in [5.41, 5.74) is 1.15. The number of carbonyl (C=O) groups is 6. The van der Waals surface area contributed by atoms with Crippen LogP contribution in [0.5, 0.6) is 0 Å². The number of rotatable bonds is 4. The molecule has 0 radical (unpaired) electrons. The summed E-state index contributed by atoms with van der Waals surface area (Å²) in [4.78, 5) is 77.8. The number of ketones is 4. The average molecular weight is 515 g/mol. The van der Waals surface area contributed by atoms with Crippen molar-refractivity contribution >= 4 is 40.7 Å². The number of amides is 1. The highest BCUT2D eigenvalue weighted by atomic mass is 16.5. The van der Waals surface area contributed by atoms with Crippen LogP contribution in [0.4, 0.5) is 5.69 Å². The number of nitrogens with one attached hydrogen (secondary N) is 1. The van der Waals surface area contributed by atoms with E-state index in [0.29, 0.717) is 0 Å². The maximum absolute atomic E-state index is 13.1. The molecule has 0 aromatic heterocycles. The number of carbonyl (C=O) groups excluding carboxylic acids is 6. The number of benzene rings is 4. The molecule has 1 N–H and O–H groups in total. The van der Waals surface area contributed by atoms with Gasteiger partial charge in [0.25, 0.3) is 5.91 Å². The van der Waals surface area contributed by atoms with Crippen molar-refractivity contribution in [3.05, 3.63) is 135 Å². The van der Waals surface area contributed by atoms with Crippen LogP contribution in [0.25, 0.3) is 0 Å². The molecule has 2 aliphatic rings. The number of ether oxygens (including phenoxy) is 1. The summed E-state index contributed by atoms with van der Waals surface area (Å²) in [6, 6.07) is 21.6. The Kier molecular flexibility index (Phi) is 5.58. The van der Waals surface area contributed by atoms with Crippen molar-refractivity contribution in [3.8, 4) is 0 Å². The van der Waals surface area contributed by atoms with Crippen LogP contribution in [0.15, 0.2) is 84.9 Å². The van der Waals surface area contributed by atoms with E-state index in [9.17, 15) is 28.8 Å². The molecule has 39 heavy (non-hydrogen) atoms. The van der Waals surface area contributed by atoms with Gasteiger partial charge >= 0.3 is 5.97 Å². The molecule has 4 aromatic carbocycles. The Morgan fingerprint density at radius 1 is 0.538 bits per heavy atom. The van der Waals surface area contributed by atoms with Gasteiger partial charge in [-0.2, -0.15) is 0 Å². The molecule has 0 heterocycles. The van der Waals surface area contributed by atoms with E-state index in [1.807, 2.05) is 0 Å². The zero-order chi connectivity index (χ0) is 27.3. The van der Waals surface area contributed by atoms with Gasteiger partial charge in [-0.15, -0.1) is 0 Å². The molecule has 0 fully saturated rings. The van der Waals surface area contributed by atoms with Crippen LogP contribution < -0.4 is 5.32 Å². The normalized spacial score (nSPS) is 13.1. The fourth-order valence-corrected chi connectivity index (χ4v) is 4.96. The summed E-state index contributed by atoms with van der Waals surface area (Å²) in [6.45, 7) is -0.733. The number of esters is 1. The summed E-state index contributed by atoms with van der Waals surface area (Å²) in [5, 5.41) is 2.54. The van der Waals surface area contributed by atoms with Crippen molar-refractivity contribution in [1.82, 2.24) is 0 Å². The third kappa shape index (κ3) is 3.77. The number of hydrogen-bond acceptors (Lipinski definition) is 7. The first-order valence-corrected chi connectivity index (χ1v) is 12.0. The van der Waals surface area contributed by atoms with Crippen LogP contribution in [0.3, 0.4) is 0 Å². The van der Waals surface area contributed by atoms with Crippen LogP contribution in [0, 0.1) is 0 Å². The van der Waals surface area contributed by atoms with Crippen LogP contribution in [0.2, 0.25) is 0 Å². The SMILES string of the molecule is O=C(COC(=O)c1cccc2c1C(=O)c1ccccc1C2=O)Nc1cccc2c1C(=O)c1ccccc1C2=O. The monoisotopic (exact) mass is 515 g/mol. The smallest absolute Gasteiger partial charge is 0.339 e. The van der Waals surface area contributed by atoms with E-state index in [4.69, 9.17) is 4.74 Å². The summed E-state index contributed by atoms with van der Waals surface area (Å²) < 4.78 is 5.18. The van der Waals surface area contributed by atoms with Gasteiger partial charge in [-0.1, -0.05) is 72.8 Å². The van der Waals surface area contributed by atoms with Crippen molar-refractivity contribution in [1.29, 1.82) is 0 Å². The Hall–Kier alpha value is -5.50. The third-order valence-electron chi connectivity index (χ3n) is 6.73. The van der Waals surface area contributed by atoms with E-state index in [-0.39, 0.29) is 67.3 Å². The number of anilines is 1. The van der Waals surface area contributed by atoms with Gasteiger partial charge < -0.3 is 10.1 Å². The Morgan fingerprint density at radius 3 is 1.59 bits per heavy atom. The fourth-order valence-electron chi connectivity index (χ4n) is 4.96. The molecular formula is C31H17NO7. The molecule has 188 valence electrons. The number of hydrogen-bond donors (Lipinski definition) is 1. The summed E-state index contributed by atoms with van der Waals surface area (Å²) in [7, 11) is 0. The molecule has 8 nitrogen and oxygen atoms in total. The average Bonchev–Trinajstić information content (AvgIpc) is 2.97. The van der Waals surface area contributed by atoms with Gasteiger partial charge in [0.05, 0.1) is 16.8 Å². The Balaban J connectivity index is 1.22. The second-order valence-electron chi connectivity index (χ2n) is 8.99. The van der Waals surface area contributed by atoms with Gasteiger partial charge in [-0.25, -0.2) is 4.79 Å². The molecule has 1 amide bonds. The lowest BCUT2D eigenvalue weighted by atomic mass is 9.82. The fraction of sp³-hybridized carbons (Fsp3) is 0.0323. The van der Waals surface area contributed by atoms with Crippen molar-refractivity contribution in [3.63, 3.8) is 0 Å². The molecular weight excluding hydrogens is 498 g/mol. The van der Waals surface area contributed by atoms with E-state index in [1.54, 1.807) is 42.5 Å². The van der Waals surface area contributed by atoms with Gasteiger partial charge in [0, 0.05) is 38.9 Å². The lowest BCUT2D eigenvalue weighted by Crippen LogP contribution is -2.27. The van der Waals surface area contributed by atoms with E-state index in [2.05, 4.69) is 5.32 Å². The minimum atomic E-state index is -0.960. The second kappa shape index (κ2) is 9.11. The van der Waals surface area contributed by atoms with Gasteiger partial charge in [0.15, 0.2) is 29.7 Å². The molecule has 0 unspecified atom stereocenters. The molecule has 0 bridgehead atoms. The summed E-state index contributed by atoms with van der Waals surface area (Å²) >= 11 is 0. The molecule has 0 saturated carbocycles. The van der Waals surface area contributed by atoms with Gasteiger partial charge in [-0.05, 0) is 12.1 Å². The minimum Gasteiger partial charge on any atom is -0.452 e. The van der Waals surface area contributed by atoms with Crippen molar-refractivity contribution in [2.45, 2.75) is 0 Å². The molecule has 8 heteroatoms. The first-order chi connectivity index (χ1) is 18.9. The molecule has 0 atom stereocenters. The molecule has 0 aliphatic heterocycles. The molecule has 6 rings (SSSR count). The predicted octanol–water partition coefficient (Wildman–Crippen LogP) is 4.03. The first-order valence-electron chi connectivity index (χ1n) is 12.0. The molecule has 4 aromatic rings. The van der Waals surface area contributed by atoms with E-state index in [1.165, 1.54) is 42.5 Å². The zero-order valence-corrected chi connectivity index (χ0v) is 20.1. The van der Waals surface area contributed by atoms with E-state index >= 15 is 0 Å². The first kappa shape index (κ1) is 23.9. The second-order valence-corrected chi connectivity index (χ2v) is 8.99. The highest BCUT2D eigenvalue weighted by Gasteiger charge is 2.34. The third-order valence-corrected chi connectivity index (χ3v) is 6.73. The zero-order valence-electron chi connectivity index (χ0n) is 20.1. The Labute approximate surface area is 221 Å². The maximum atomic E-state index is 13.1. The predicted molar refractivity (Wildman–Crippen MR) is 138 cm³/mol. The van der Waals surface area contributed by atoms with Crippen LogP contribution >= 0.6 is 0 Å². The largest absolute Gasteiger partial charge is 0.452 e. The highest BCUT2D eigenvalue weighted by molar-refractivity contribution is 6.31. The van der Waals surface area contributed by atoms with Crippen LogP contribution in [-0.2, 0) is 9.53 Å². The molecule has 0 spiro atoms. The standard InChI is InChI=1S/C31H17NO7/c33-24(32-23-14-6-12-21-26(23)30(37)19-10-4-2-8-17(19)28(21)35)15-39-31(38)22-13-5-11-20-25(22)29(36)18-9-3-1-7-16(18)27(20)34/h1-14H,15H2,(H,32,33). The van der Waals surface area contributed by atoms with Gasteiger partial charge in [-0.3, -0.25) is 24.0 Å². The van der Waals surface area contributed by atoms with Crippen molar-refractivity contribution < 1.29 is 33.5 Å². The highest BCUT2D eigenvalue weighted by Crippen LogP contribution is 2.32. The van der Waals surface area contributed by atoms with Crippen LogP contribution in [-0.4, -0.2) is 41.6 Å². The summed E-state index contributed by atoms with van der Waals surface area (Å²) in [5.74, 6) is -3.34. The summed E-state index contributed by atoms with van der Waals surface area (Å²) in [6.07, 6.45) is 0. The molecule has 0 saturated heterocycles. The Bertz CT molecular complexity index is 1800. The van der Waals surface area contributed by atoms with Gasteiger partial charge in [0.2, 0.25) is 0 Å². The van der Waals surface area contributed by atoms with E-state index < -0.39 is 30.0 Å². The van der Waals surface area contributed by atoms with Gasteiger partial charge in [0.1, 0.15) is 0 Å². The molecule has 2 aliphatic carbocycles. The quantitative estimate of drug-likeness (QED) is 0.352. The minimum absolute atomic E-state index is 0.0563. The Morgan fingerprint density at radius 2 is 1.00 bits per heavy atom. The maximum Gasteiger partial charge on any atom is 0.339 e. The topological polar surface area (TPSA) is 124 Å². The van der Waals surface area contributed by atoms with E-state index in [0.717, 1.165) is 0 Å². The van der Waals surface area contributed by atoms with Crippen molar-refractivity contribution in [2.75, 3.05) is 11.9 Å². The van der Waals surface area contributed by atoms with Crippen LogP contribution in [0.1, 0.15) is 74.0 Å². The lowest BCUT2D eigenvalue weighted by Gasteiger charge is -2.20. The van der Waals surface area contributed by atoms with Crippen molar-refractivity contribution in [2.24, 2.45) is 0 Å². The number of fused-ring (bicyclic) bond motifs is 4.